The number of nitrogens with zero attached hydrogens (tertiary/aromatic N) is 3. The van der Waals surface area contributed by atoms with E-state index in [1.807, 2.05) is 30.5 Å². The number of nitrogens with one attached hydrogen (secondary N) is 1. The summed E-state index contributed by atoms with van der Waals surface area (Å²) in [5.41, 5.74) is 1.89. The number of aromatic nitrogens is 2. The van der Waals surface area contributed by atoms with Crippen molar-refractivity contribution in [2.45, 2.75) is 44.8 Å². The lowest BCUT2D eigenvalue weighted by atomic mass is 10.0. The molecule has 6 heteroatoms. The molecular weight excluding hydrogens is 340 g/mol. The van der Waals surface area contributed by atoms with Crippen LogP contribution in [0.1, 0.15) is 38.6 Å². The molecule has 3 heterocycles. The first kappa shape index (κ1) is 18.2. The van der Waals surface area contributed by atoms with Gasteiger partial charge in [-0.2, -0.15) is 0 Å². The van der Waals surface area contributed by atoms with Crippen LogP contribution in [0.3, 0.4) is 0 Å². The summed E-state index contributed by atoms with van der Waals surface area (Å²) in [6.45, 7) is 5.76. The molecule has 6 nitrogen and oxygen atoms in total. The average molecular weight is 368 g/mol. The molecule has 2 fully saturated rings. The van der Waals surface area contributed by atoms with Crippen LogP contribution in [-0.4, -0.2) is 52.7 Å². The maximum absolute atomic E-state index is 11.2. The van der Waals surface area contributed by atoms with E-state index < -0.39 is 0 Å². The molecule has 4 rings (SSSR count). The summed E-state index contributed by atoms with van der Waals surface area (Å²) in [6.07, 6.45) is 9.11. The van der Waals surface area contributed by atoms with Gasteiger partial charge in [0.25, 0.3) is 0 Å². The highest BCUT2D eigenvalue weighted by molar-refractivity contribution is 5.88. The second kappa shape index (κ2) is 8.23. The SMILES string of the molecule is CC(=O)Nc1ccc(-c2nccn2C2CCN(C[C@H]3CCCO3)CC2)cc1. The predicted molar refractivity (Wildman–Crippen MR) is 106 cm³/mol. The van der Waals surface area contributed by atoms with E-state index in [0.717, 1.165) is 56.2 Å². The highest BCUT2D eigenvalue weighted by Gasteiger charge is 2.25. The Labute approximate surface area is 160 Å². The van der Waals surface area contributed by atoms with Crippen molar-refractivity contribution in [3.8, 4) is 11.4 Å². The van der Waals surface area contributed by atoms with Gasteiger partial charge in [0.1, 0.15) is 5.82 Å². The van der Waals surface area contributed by atoms with Gasteiger partial charge in [-0.3, -0.25) is 4.79 Å². The number of rotatable bonds is 5. The lowest BCUT2D eigenvalue weighted by molar-refractivity contribution is -0.114. The molecule has 0 aliphatic carbocycles. The molecule has 27 heavy (non-hydrogen) atoms. The van der Waals surface area contributed by atoms with E-state index in [-0.39, 0.29) is 5.91 Å². The van der Waals surface area contributed by atoms with Crippen molar-refractivity contribution in [3.05, 3.63) is 36.7 Å². The second-order valence-electron chi connectivity index (χ2n) is 7.58. The summed E-state index contributed by atoms with van der Waals surface area (Å²) < 4.78 is 8.10. The summed E-state index contributed by atoms with van der Waals surface area (Å²) >= 11 is 0. The third-order valence-corrected chi connectivity index (χ3v) is 5.57. The highest BCUT2D eigenvalue weighted by atomic mass is 16.5. The van der Waals surface area contributed by atoms with Crippen molar-refractivity contribution >= 4 is 11.6 Å². The van der Waals surface area contributed by atoms with Crippen molar-refractivity contribution in [1.82, 2.24) is 14.5 Å². The number of carbonyl (C=O) groups is 1. The molecule has 2 aliphatic rings. The van der Waals surface area contributed by atoms with Crippen LogP contribution < -0.4 is 5.32 Å². The van der Waals surface area contributed by atoms with Crippen LogP contribution >= 0.6 is 0 Å². The van der Waals surface area contributed by atoms with E-state index in [9.17, 15) is 4.79 Å². The van der Waals surface area contributed by atoms with Crippen LogP contribution in [0.15, 0.2) is 36.7 Å². The van der Waals surface area contributed by atoms with Crippen molar-refractivity contribution < 1.29 is 9.53 Å². The number of hydrogen-bond acceptors (Lipinski definition) is 4. The van der Waals surface area contributed by atoms with Crippen LogP contribution in [0.2, 0.25) is 0 Å². The van der Waals surface area contributed by atoms with E-state index in [2.05, 4.69) is 26.0 Å². The van der Waals surface area contributed by atoms with Crippen LogP contribution in [0, 0.1) is 0 Å². The highest BCUT2D eigenvalue weighted by Crippen LogP contribution is 2.29. The zero-order chi connectivity index (χ0) is 18.6. The summed E-state index contributed by atoms with van der Waals surface area (Å²) in [4.78, 5) is 18.3. The Bertz CT molecular complexity index is 757. The Kier molecular flexibility index (Phi) is 5.55. The first-order valence-corrected chi connectivity index (χ1v) is 9.94. The Balaban J connectivity index is 1.39. The lowest BCUT2D eigenvalue weighted by Gasteiger charge is -2.34. The summed E-state index contributed by atoms with van der Waals surface area (Å²) in [7, 11) is 0. The zero-order valence-electron chi connectivity index (χ0n) is 15.9. The topological polar surface area (TPSA) is 59.4 Å². The van der Waals surface area contributed by atoms with Crippen molar-refractivity contribution in [1.29, 1.82) is 0 Å². The van der Waals surface area contributed by atoms with Crippen molar-refractivity contribution in [2.75, 3.05) is 31.6 Å². The number of anilines is 1. The fourth-order valence-electron chi connectivity index (χ4n) is 4.19. The molecule has 0 bridgehead atoms. The molecule has 2 saturated heterocycles. The molecule has 1 N–H and O–H groups in total. The predicted octanol–water partition coefficient (Wildman–Crippen LogP) is 3.32. The van der Waals surface area contributed by atoms with Crippen LogP contribution in [0.4, 0.5) is 5.69 Å². The summed E-state index contributed by atoms with van der Waals surface area (Å²) in [5, 5.41) is 2.81. The number of imidazole rings is 1. The number of benzene rings is 1. The van der Waals surface area contributed by atoms with Gasteiger partial charge < -0.3 is 19.5 Å². The van der Waals surface area contributed by atoms with Crippen LogP contribution in [0.25, 0.3) is 11.4 Å². The standard InChI is InChI=1S/C21H28N4O2/c1-16(26)23-18-6-4-17(5-7-18)21-22-10-13-25(21)19-8-11-24(12-9-19)15-20-3-2-14-27-20/h4-7,10,13,19-20H,2-3,8-9,11-12,14-15H2,1H3,(H,23,26)/t20-/m1/s1. The van der Waals surface area contributed by atoms with Gasteiger partial charge >= 0.3 is 0 Å². The third kappa shape index (κ3) is 4.39. The number of piperidine rings is 1. The monoisotopic (exact) mass is 368 g/mol. The zero-order valence-corrected chi connectivity index (χ0v) is 15.9. The molecular formula is C21H28N4O2. The third-order valence-electron chi connectivity index (χ3n) is 5.57. The van der Waals surface area contributed by atoms with Gasteiger partial charge in [0.2, 0.25) is 5.91 Å². The average Bonchev–Trinajstić information content (AvgIpc) is 3.34. The van der Waals surface area contributed by atoms with E-state index in [0.29, 0.717) is 12.1 Å². The maximum Gasteiger partial charge on any atom is 0.221 e. The number of likely N-dealkylation sites (tertiary alicyclic amines) is 1. The second-order valence-corrected chi connectivity index (χ2v) is 7.58. The summed E-state index contributed by atoms with van der Waals surface area (Å²) in [6, 6.07) is 8.39. The normalized spacial score (nSPS) is 21.4. The Hall–Kier alpha value is -2.18. The summed E-state index contributed by atoms with van der Waals surface area (Å²) in [5.74, 6) is 0.945. The van der Waals surface area contributed by atoms with Crippen LogP contribution in [0.5, 0.6) is 0 Å². The van der Waals surface area contributed by atoms with Gasteiger partial charge in [0.05, 0.1) is 6.10 Å². The molecule has 0 unspecified atom stereocenters. The van der Waals surface area contributed by atoms with Gasteiger partial charge in [-0.25, -0.2) is 4.98 Å². The minimum Gasteiger partial charge on any atom is -0.377 e. The molecule has 1 amide bonds. The van der Waals surface area contributed by atoms with Gasteiger partial charge in [0, 0.05) is 62.9 Å². The molecule has 1 atom stereocenters. The minimum atomic E-state index is -0.0565. The maximum atomic E-state index is 11.2. The first-order chi connectivity index (χ1) is 13.2. The fourth-order valence-corrected chi connectivity index (χ4v) is 4.19. The van der Waals surface area contributed by atoms with Gasteiger partial charge in [-0.1, -0.05) is 0 Å². The number of amides is 1. The van der Waals surface area contributed by atoms with Crippen molar-refractivity contribution in [3.63, 3.8) is 0 Å². The van der Waals surface area contributed by atoms with Crippen LogP contribution in [-0.2, 0) is 9.53 Å². The number of carbonyl (C=O) groups excluding carboxylic acids is 1. The molecule has 1 aromatic heterocycles. The Morgan fingerprint density at radius 3 is 2.67 bits per heavy atom. The molecule has 2 aliphatic heterocycles. The van der Waals surface area contributed by atoms with Gasteiger partial charge in [-0.15, -0.1) is 0 Å². The molecule has 0 spiro atoms. The minimum absolute atomic E-state index is 0.0565. The largest absolute Gasteiger partial charge is 0.377 e. The van der Waals surface area contributed by atoms with Crippen molar-refractivity contribution in [2.24, 2.45) is 0 Å². The quantitative estimate of drug-likeness (QED) is 0.879. The smallest absolute Gasteiger partial charge is 0.221 e. The molecule has 1 aromatic carbocycles. The van der Waals surface area contributed by atoms with E-state index in [1.165, 1.54) is 19.8 Å². The van der Waals surface area contributed by atoms with Gasteiger partial charge in [-0.05, 0) is 49.9 Å². The Morgan fingerprint density at radius 1 is 1.22 bits per heavy atom. The lowest BCUT2D eigenvalue weighted by Crippen LogP contribution is -2.39. The molecule has 0 saturated carbocycles. The van der Waals surface area contributed by atoms with E-state index in [1.54, 1.807) is 0 Å². The first-order valence-electron chi connectivity index (χ1n) is 9.94. The van der Waals surface area contributed by atoms with Gasteiger partial charge in [0.15, 0.2) is 0 Å². The van der Waals surface area contributed by atoms with E-state index in [4.69, 9.17) is 4.74 Å². The molecule has 144 valence electrons. The van der Waals surface area contributed by atoms with E-state index >= 15 is 0 Å². The fraction of sp³-hybridized carbons (Fsp3) is 0.524. The molecule has 2 aromatic rings. The number of hydrogen-bond donors (Lipinski definition) is 1. The Morgan fingerprint density at radius 2 is 2.00 bits per heavy atom. The molecule has 0 radical (unpaired) electrons. The number of ether oxygens (including phenoxy) is 1.